The first-order valence-electron chi connectivity index (χ1n) is 5.98. The number of benzene rings is 1. The molecule has 0 radical (unpaired) electrons. The van der Waals surface area contributed by atoms with E-state index >= 15 is 0 Å². The topological polar surface area (TPSA) is 3.24 Å². The fraction of sp³-hybridized carbons (Fsp3) is 0.200. The molecule has 0 aliphatic heterocycles. The van der Waals surface area contributed by atoms with Crippen LogP contribution in [-0.4, -0.2) is 11.4 Å². The van der Waals surface area contributed by atoms with E-state index in [1.807, 2.05) is 17.5 Å². The highest BCUT2D eigenvalue weighted by Gasteiger charge is 2.08. The predicted molar refractivity (Wildman–Crippen MR) is 75.0 cm³/mol. The van der Waals surface area contributed by atoms with Crippen LogP contribution in [0.2, 0.25) is 0 Å². The van der Waals surface area contributed by atoms with Crippen molar-refractivity contribution < 1.29 is 8.78 Å². The Morgan fingerprint density at radius 1 is 1.16 bits per heavy atom. The van der Waals surface area contributed by atoms with Crippen molar-refractivity contribution in [2.45, 2.75) is 13.1 Å². The summed E-state index contributed by atoms with van der Waals surface area (Å²) >= 11 is 1.68. The van der Waals surface area contributed by atoms with Gasteiger partial charge in [0.2, 0.25) is 0 Å². The maximum Gasteiger partial charge on any atom is 0.159 e. The van der Waals surface area contributed by atoms with Crippen molar-refractivity contribution in [3.05, 3.63) is 70.4 Å². The Hall–Kier alpha value is -1.52. The summed E-state index contributed by atoms with van der Waals surface area (Å²) in [6.45, 7) is 5.79. The summed E-state index contributed by atoms with van der Waals surface area (Å²) in [5.74, 6) is -1.61. The quantitative estimate of drug-likeness (QED) is 0.716. The second-order valence-corrected chi connectivity index (χ2v) is 5.32. The molecule has 0 bridgehead atoms. The molecule has 0 N–H and O–H groups in total. The van der Waals surface area contributed by atoms with Crippen LogP contribution < -0.4 is 0 Å². The minimum absolute atomic E-state index is 0.571. The Balaban J connectivity index is 2.07. The van der Waals surface area contributed by atoms with Crippen molar-refractivity contribution in [1.82, 2.24) is 4.90 Å². The van der Waals surface area contributed by atoms with Gasteiger partial charge in [0.05, 0.1) is 0 Å². The number of nitrogens with zero attached hydrogens (tertiary/aromatic N) is 1. The lowest BCUT2D eigenvalue weighted by molar-refractivity contribution is 0.288. The van der Waals surface area contributed by atoms with Crippen molar-refractivity contribution in [1.29, 1.82) is 0 Å². The summed E-state index contributed by atoms with van der Waals surface area (Å²) in [6.07, 6.45) is 1.81. The second kappa shape index (κ2) is 6.59. The molecule has 1 heterocycles. The summed E-state index contributed by atoms with van der Waals surface area (Å²) in [7, 11) is 0. The Bertz CT molecular complexity index is 537. The van der Waals surface area contributed by atoms with Crippen LogP contribution in [0, 0.1) is 11.6 Å². The summed E-state index contributed by atoms with van der Waals surface area (Å²) in [5.41, 5.74) is 0.761. The summed E-state index contributed by atoms with van der Waals surface area (Å²) < 4.78 is 26.1. The Morgan fingerprint density at radius 3 is 2.63 bits per heavy atom. The monoisotopic (exact) mass is 279 g/mol. The van der Waals surface area contributed by atoms with E-state index in [0.717, 1.165) is 12.1 Å². The summed E-state index contributed by atoms with van der Waals surface area (Å²) in [4.78, 5) is 3.37. The van der Waals surface area contributed by atoms with Gasteiger partial charge in [0.25, 0.3) is 0 Å². The lowest BCUT2D eigenvalue weighted by Crippen LogP contribution is -2.22. The molecule has 1 aromatic heterocycles. The molecule has 19 heavy (non-hydrogen) atoms. The van der Waals surface area contributed by atoms with Crippen LogP contribution in [0.25, 0.3) is 0 Å². The van der Waals surface area contributed by atoms with E-state index in [1.54, 1.807) is 17.4 Å². The van der Waals surface area contributed by atoms with Crippen LogP contribution in [0.4, 0.5) is 8.78 Å². The van der Waals surface area contributed by atoms with Crippen molar-refractivity contribution in [3.8, 4) is 0 Å². The van der Waals surface area contributed by atoms with E-state index in [9.17, 15) is 8.78 Å². The molecule has 0 aliphatic rings. The fourth-order valence-corrected chi connectivity index (χ4v) is 2.63. The average Bonchev–Trinajstić information content (AvgIpc) is 2.87. The van der Waals surface area contributed by atoms with Gasteiger partial charge in [-0.1, -0.05) is 18.2 Å². The Labute approximate surface area is 115 Å². The highest BCUT2D eigenvalue weighted by atomic mass is 32.1. The molecule has 0 atom stereocenters. The molecule has 0 saturated heterocycles. The number of hydrogen-bond donors (Lipinski definition) is 0. The first kappa shape index (κ1) is 13.9. The van der Waals surface area contributed by atoms with Crippen LogP contribution >= 0.6 is 11.3 Å². The second-order valence-electron chi connectivity index (χ2n) is 4.29. The highest BCUT2D eigenvalue weighted by Crippen LogP contribution is 2.16. The zero-order valence-corrected chi connectivity index (χ0v) is 11.3. The lowest BCUT2D eigenvalue weighted by atomic mass is 10.2. The smallest absolute Gasteiger partial charge is 0.159 e. The minimum Gasteiger partial charge on any atom is -0.290 e. The van der Waals surface area contributed by atoms with Gasteiger partial charge in [0.1, 0.15) is 0 Å². The van der Waals surface area contributed by atoms with Crippen LogP contribution in [0.5, 0.6) is 0 Å². The Kier molecular flexibility index (Phi) is 4.82. The number of rotatable bonds is 6. The van der Waals surface area contributed by atoms with Crippen molar-refractivity contribution in [2.75, 3.05) is 6.54 Å². The van der Waals surface area contributed by atoms with Gasteiger partial charge in [0, 0.05) is 24.5 Å². The molecule has 0 spiro atoms. The molecule has 100 valence electrons. The number of halogens is 2. The van der Waals surface area contributed by atoms with Crippen LogP contribution in [-0.2, 0) is 13.1 Å². The van der Waals surface area contributed by atoms with E-state index in [1.165, 1.54) is 17.0 Å². The lowest BCUT2D eigenvalue weighted by Gasteiger charge is -2.20. The average molecular weight is 279 g/mol. The summed E-state index contributed by atoms with van der Waals surface area (Å²) in [6, 6.07) is 8.10. The molecular weight excluding hydrogens is 264 g/mol. The van der Waals surface area contributed by atoms with Crippen LogP contribution in [0.1, 0.15) is 10.4 Å². The molecule has 2 aromatic rings. The Morgan fingerprint density at radius 2 is 2.00 bits per heavy atom. The normalized spacial score (nSPS) is 10.9. The van der Waals surface area contributed by atoms with E-state index in [-0.39, 0.29) is 0 Å². The van der Waals surface area contributed by atoms with E-state index in [0.29, 0.717) is 13.1 Å². The predicted octanol–water partition coefficient (Wildman–Crippen LogP) is 4.21. The minimum atomic E-state index is -0.808. The molecule has 0 amide bonds. The number of thiophene rings is 1. The van der Waals surface area contributed by atoms with Gasteiger partial charge in [0.15, 0.2) is 11.6 Å². The van der Waals surface area contributed by atoms with Gasteiger partial charge in [-0.05, 0) is 29.1 Å². The van der Waals surface area contributed by atoms with Crippen molar-refractivity contribution in [3.63, 3.8) is 0 Å². The van der Waals surface area contributed by atoms with Crippen molar-refractivity contribution >= 4 is 11.3 Å². The third-order valence-electron chi connectivity index (χ3n) is 2.74. The van der Waals surface area contributed by atoms with Crippen LogP contribution in [0.15, 0.2) is 48.4 Å². The molecule has 4 heteroatoms. The van der Waals surface area contributed by atoms with E-state index in [4.69, 9.17) is 0 Å². The highest BCUT2D eigenvalue weighted by molar-refractivity contribution is 7.09. The van der Waals surface area contributed by atoms with Gasteiger partial charge < -0.3 is 0 Å². The first-order chi connectivity index (χ1) is 9.19. The maximum absolute atomic E-state index is 13.2. The molecule has 0 saturated carbocycles. The van der Waals surface area contributed by atoms with E-state index in [2.05, 4.69) is 17.5 Å². The zero-order valence-electron chi connectivity index (χ0n) is 10.5. The van der Waals surface area contributed by atoms with Gasteiger partial charge >= 0.3 is 0 Å². The SMILES string of the molecule is C=CCN(Cc1ccc(F)c(F)c1)Cc1cccs1. The van der Waals surface area contributed by atoms with Crippen molar-refractivity contribution in [2.24, 2.45) is 0 Å². The zero-order chi connectivity index (χ0) is 13.7. The molecule has 0 aliphatic carbocycles. The largest absolute Gasteiger partial charge is 0.290 e. The van der Waals surface area contributed by atoms with Gasteiger partial charge in [-0.3, -0.25) is 4.90 Å². The van der Waals surface area contributed by atoms with Gasteiger partial charge in [-0.15, -0.1) is 17.9 Å². The van der Waals surface area contributed by atoms with Gasteiger partial charge in [-0.2, -0.15) is 0 Å². The standard InChI is InChI=1S/C15H15F2NS/c1-2-7-18(11-13-4-3-8-19-13)10-12-5-6-14(16)15(17)9-12/h2-6,8-9H,1,7,10-11H2. The molecular formula is C15H15F2NS. The molecule has 0 fully saturated rings. The third-order valence-corrected chi connectivity index (χ3v) is 3.60. The van der Waals surface area contributed by atoms with Gasteiger partial charge in [-0.25, -0.2) is 8.78 Å². The van der Waals surface area contributed by atoms with Crippen LogP contribution in [0.3, 0.4) is 0 Å². The van der Waals surface area contributed by atoms with E-state index < -0.39 is 11.6 Å². The third kappa shape index (κ3) is 3.98. The fourth-order valence-electron chi connectivity index (χ4n) is 1.89. The summed E-state index contributed by atoms with van der Waals surface area (Å²) in [5, 5.41) is 2.03. The number of hydrogen-bond acceptors (Lipinski definition) is 2. The molecule has 2 rings (SSSR count). The first-order valence-corrected chi connectivity index (χ1v) is 6.86. The molecule has 0 unspecified atom stereocenters. The maximum atomic E-state index is 13.2. The molecule has 1 aromatic carbocycles. The molecule has 1 nitrogen and oxygen atoms in total.